The van der Waals surface area contributed by atoms with Gasteiger partial charge >= 0.3 is 0 Å². The number of methoxy groups -OCH3 is 2. The fourth-order valence-corrected chi connectivity index (χ4v) is 2.81. The molecular weight excluding hydrogens is 286 g/mol. The zero-order chi connectivity index (χ0) is 15.7. The molecule has 0 spiro atoms. The van der Waals surface area contributed by atoms with E-state index in [2.05, 4.69) is 19.2 Å². The van der Waals surface area contributed by atoms with Crippen LogP contribution in [-0.2, 0) is 0 Å². The summed E-state index contributed by atoms with van der Waals surface area (Å²) in [5, 5.41) is 4.26. The van der Waals surface area contributed by atoms with Crippen molar-refractivity contribution >= 4 is 11.6 Å². The van der Waals surface area contributed by atoms with Gasteiger partial charge in [0.15, 0.2) is 11.5 Å². The number of unbranched alkanes of at least 4 members (excludes halogenated alkanes) is 3. The molecule has 1 aromatic carbocycles. The molecule has 0 aromatic heterocycles. The third kappa shape index (κ3) is 5.40. The predicted octanol–water partition coefficient (Wildman–Crippen LogP) is 4.98. The van der Waals surface area contributed by atoms with E-state index >= 15 is 0 Å². The van der Waals surface area contributed by atoms with Crippen molar-refractivity contribution in [1.82, 2.24) is 5.32 Å². The van der Waals surface area contributed by atoms with Gasteiger partial charge in [-0.05, 0) is 24.6 Å². The van der Waals surface area contributed by atoms with Crippen LogP contribution in [0.4, 0.5) is 0 Å². The third-order valence-electron chi connectivity index (χ3n) is 3.68. The molecule has 1 rings (SSSR count). The smallest absolute Gasteiger partial charge is 0.162 e. The van der Waals surface area contributed by atoms with Crippen LogP contribution in [0.1, 0.15) is 57.6 Å². The molecule has 4 heteroatoms. The van der Waals surface area contributed by atoms with Crippen molar-refractivity contribution in [2.75, 3.05) is 20.8 Å². The molecule has 0 aliphatic rings. The van der Waals surface area contributed by atoms with Gasteiger partial charge in [0.05, 0.1) is 14.2 Å². The molecule has 0 heterocycles. The Morgan fingerprint density at radius 1 is 1.05 bits per heavy atom. The lowest BCUT2D eigenvalue weighted by Gasteiger charge is -2.21. The molecule has 0 saturated carbocycles. The van der Waals surface area contributed by atoms with E-state index in [9.17, 15) is 0 Å². The number of nitrogens with one attached hydrogen (secondary N) is 1. The Labute approximate surface area is 134 Å². The monoisotopic (exact) mass is 313 g/mol. The van der Waals surface area contributed by atoms with Gasteiger partial charge in [0.25, 0.3) is 0 Å². The average Bonchev–Trinajstić information content (AvgIpc) is 2.50. The maximum atomic E-state index is 6.43. The second-order valence-corrected chi connectivity index (χ2v) is 5.60. The van der Waals surface area contributed by atoms with E-state index in [1.54, 1.807) is 14.2 Å². The van der Waals surface area contributed by atoms with Crippen LogP contribution >= 0.6 is 11.6 Å². The first-order valence-electron chi connectivity index (χ1n) is 7.82. The summed E-state index contributed by atoms with van der Waals surface area (Å²) in [6.07, 6.45) is 6.10. The second-order valence-electron chi connectivity index (χ2n) is 5.19. The SMILES string of the molecule is CCCCCCC(NCC)c1cc(OC)c(OC)cc1Cl. The summed E-state index contributed by atoms with van der Waals surface area (Å²) in [5.74, 6) is 1.40. The minimum absolute atomic E-state index is 0.263. The largest absolute Gasteiger partial charge is 0.493 e. The average molecular weight is 314 g/mol. The standard InChI is InChI=1S/C17H28ClNO2/c1-5-7-8-9-10-15(19-6-2)13-11-16(20-3)17(21-4)12-14(13)18/h11-12,15,19H,5-10H2,1-4H3. The summed E-state index contributed by atoms with van der Waals surface area (Å²) in [4.78, 5) is 0. The summed E-state index contributed by atoms with van der Waals surface area (Å²) in [7, 11) is 3.28. The molecule has 1 unspecified atom stereocenters. The van der Waals surface area contributed by atoms with E-state index < -0.39 is 0 Å². The third-order valence-corrected chi connectivity index (χ3v) is 4.00. The lowest BCUT2D eigenvalue weighted by atomic mass is 9.99. The fraction of sp³-hybridized carbons (Fsp3) is 0.647. The van der Waals surface area contributed by atoms with Gasteiger partial charge < -0.3 is 14.8 Å². The molecule has 0 saturated heterocycles. The number of rotatable bonds is 10. The molecule has 0 aliphatic heterocycles. The number of hydrogen-bond acceptors (Lipinski definition) is 3. The van der Waals surface area contributed by atoms with E-state index in [4.69, 9.17) is 21.1 Å². The Morgan fingerprint density at radius 2 is 1.71 bits per heavy atom. The molecule has 0 radical (unpaired) electrons. The number of ether oxygens (including phenoxy) is 2. The summed E-state index contributed by atoms with van der Waals surface area (Å²) < 4.78 is 10.7. The van der Waals surface area contributed by atoms with Crippen LogP contribution in [0.15, 0.2) is 12.1 Å². The van der Waals surface area contributed by atoms with Crippen molar-refractivity contribution in [2.24, 2.45) is 0 Å². The highest BCUT2D eigenvalue weighted by Gasteiger charge is 2.17. The van der Waals surface area contributed by atoms with E-state index in [0.29, 0.717) is 5.75 Å². The number of hydrogen-bond donors (Lipinski definition) is 1. The molecule has 1 N–H and O–H groups in total. The van der Waals surface area contributed by atoms with Gasteiger partial charge in [-0.25, -0.2) is 0 Å². The Bertz CT molecular complexity index is 423. The zero-order valence-corrected chi connectivity index (χ0v) is 14.4. The van der Waals surface area contributed by atoms with E-state index in [0.717, 1.165) is 29.3 Å². The highest BCUT2D eigenvalue weighted by molar-refractivity contribution is 6.31. The lowest BCUT2D eigenvalue weighted by Crippen LogP contribution is -2.21. The summed E-state index contributed by atoms with van der Waals surface area (Å²) in [6, 6.07) is 4.10. The Kier molecular flexibility index (Phi) is 8.55. The lowest BCUT2D eigenvalue weighted by molar-refractivity contribution is 0.353. The van der Waals surface area contributed by atoms with Crippen molar-refractivity contribution in [3.05, 3.63) is 22.7 Å². The van der Waals surface area contributed by atoms with Crippen LogP contribution in [0, 0.1) is 0 Å². The molecule has 120 valence electrons. The van der Waals surface area contributed by atoms with Gasteiger partial charge in [0, 0.05) is 17.1 Å². The minimum Gasteiger partial charge on any atom is -0.493 e. The van der Waals surface area contributed by atoms with E-state index in [1.165, 1.54) is 25.7 Å². The first kappa shape index (κ1) is 18.1. The Morgan fingerprint density at radius 3 is 2.29 bits per heavy atom. The topological polar surface area (TPSA) is 30.5 Å². The first-order valence-corrected chi connectivity index (χ1v) is 8.20. The van der Waals surface area contributed by atoms with E-state index in [1.807, 2.05) is 12.1 Å². The van der Waals surface area contributed by atoms with Crippen molar-refractivity contribution in [2.45, 2.75) is 52.0 Å². The normalized spacial score (nSPS) is 12.2. The molecule has 0 bridgehead atoms. The van der Waals surface area contributed by atoms with Crippen LogP contribution in [0.25, 0.3) is 0 Å². The van der Waals surface area contributed by atoms with Gasteiger partial charge in [0.1, 0.15) is 0 Å². The number of halogens is 1. The highest BCUT2D eigenvalue weighted by Crippen LogP contribution is 2.37. The fourth-order valence-electron chi connectivity index (χ4n) is 2.53. The molecule has 3 nitrogen and oxygen atoms in total. The van der Waals surface area contributed by atoms with Crippen molar-refractivity contribution in [1.29, 1.82) is 0 Å². The second kappa shape index (κ2) is 9.91. The van der Waals surface area contributed by atoms with Crippen LogP contribution in [0.2, 0.25) is 5.02 Å². The maximum absolute atomic E-state index is 6.43. The number of benzene rings is 1. The molecule has 1 atom stereocenters. The predicted molar refractivity (Wildman–Crippen MR) is 89.7 cm³/mol. The van der Waals surface area contributed by atoms with Gasteiger partial charge in [-0.15, -0.1) is 0 Å². The summed E-state index contributed by atoms with van der Waals surface area (Å²) >= 11 is 6.43. The van der Waals surface area contributed by atoms with Crippen LogP contribution in [0.3, 0.4) is 0 Å². The van der Waals surface area contributed by atoms with Crippen molar-refractivity contribution in [3.8, 4) is 11.5 Å². The van der Waals surface area contributed by atoms with Gasteiger partial charge in [0.2, 0.25) is 0 Å². The Hall–Kier alpha value is -0.930. The van der Waals surface area contributed by atoms with Gasteiger partial charge in [-0.1, -0.05) is 51.1 Å². The summed E-state index contributed by atoms with van der Waals surface area (Å²) in [5.41, 5.74) is 1.09. The van der Waals surface area contributed by atoms with Gasteiger partial charge in [-0.2, -0.15) is 0 Å². The molecule has 1 aromatic rings. The molecule has 21 heavy (non-hydrogen) atoms. The highest BCUT2D eigenvalue weighted by atomic mass is 35.5. The van der Waals surface area contributed by atoms with Crippen molar-refractivity contribution in [3.63, 3.8) is 0 Å². The molecular formula is C17H28ClNO2. The van der Waals surface area contributed by atoms with Crippen LogP contribution < -0.4 is 14.8 Å². The van der Waals surface area contributed by atoms with Crippen LogP contribution in [0.5, 0.6) is 11.5 Å². The van der Waals surface area contributed by atoms with Crippen molar-refractivity contribution < 1.29 is 9.47 Å². The first-order chi connectivity index (χ1) is 10.2. The van der Waals surface area contributed by atoms with Gasteiger partial charge in [-0.3, -0.25) is 0 Å². The van der Waals surface area contributed by atoms with E-state index in [-0.39, 0.29) is 6.04 Å². The maximum Gasteiger partial charge on any atom is 0.162 e. The molecule has 0 amide bonds. The Balaban J connectivity index is 2.90. The minimum atomic E-state index is 0.263. The quantitative estimate of drug-likeness (QED) is 0.618. The molecule has 0 fully saturated rings. The molecule has 0 aliphatic carbocycles. The van der Waals surface area contributed by atoms with Crippen LogP contribution in [-0.4, -0.2) is 20.8 Å². The summed E-state index contributed by atoms with van der Waals surface area (Å²) in [6.45, 7) is 5.27. The zero-order valence-electron chi connectivity index (χ0n) is 13.7.